The van der Waals surface area contributed by atoms with E-state index in [0.717, 1.165) is 28.3 Å². The number of aryl methyl sites for hydroxylation is 1. The van der Waals surface area contributed by atoms with E-state index in [1.807, 2.05) is 6.92 Å². The van der Waals surface area contributed by atoms with E-state index < -0.39 is 33.6 Å². The van der Waals surface area contributed by atoms with Gasteiger partial charge in [-0.15, -0.1) is 0 Å². The van der Waals surface area contributed by atoms with Crippen LogP contribution in [-0.2, 0) is 14.8 Å². The number of nitrogens with one attached hydrogen (secondary N) is 1. The van der Waals surface area contributed by atoms with Crippen LogP contribution in [0.15, 0.2) is 42.5 Å². The molecule has 0 fully saturated rings. The molecule has 1 amide bonds. The van der Waals surface area contributed by atoms with E-state index in [1.165, 1.54) is 6.92 Å². The minimum atomic E-state index is -3.77. The smallest absolute Gasteiger partial charge is 0.248 e. The molecule has 0 heterocycles. The van der Waals surface area contributed by atoms with Crippen LogP contribution in [0.3, 0.4) is 0 Å². The van der Waals surface area contributed by atoms with Gasteiger partial charge in [-0.05, 0) is 38.1 Å². The molecule has 5 nitrogen and oxygen atoms in total. The van der Waals surface area contributed by atoms with Crippen LogP contribution in [0.4, 0.5) is 20.2 Å². The minimum Gasteiger partial charge on any atom is -0.322 e. The van der Waals surface area contributed by atoms with Gasteiger partial charge < -0.3 is 5.32 Å². The van der Waals surface area contributed by atoms with Gasteiger partial charge in [-0.3, -0.25) is 9.10 Å². The maximum atomic E-state index is 13.7. The molecule has 0 radical (unpaired) electrons. The second-order valence-electron chi connectivity index (χ2n) is 5.68. The first-order chi connectivity index (χ1) is 11.6. The molecule has 0 aliphatic carbocycles. The van der Waals surface area contributed by atoms with Crippen molar-refractivity contribution < 1.29 is 22.0 Å². The van der Waals surface area contributed by atoms with Crippen LogP contribution in [0.2, 0.25) is 0 Å². The van der Waals surface area contributed by atoms with Crippen molar-refractivity contribution in [2.45, 2.75) is 19.9 Å². The van der Waals surface area contributed by atoms with E-state index in [0.29, 0.717) is 11.8 Å². The van der Waals surface area contributed by atoms with Crippen molar-refractivity contribution >= 4 is 27.3 Å². The first kappa shape index (κ1) is 18.9. The Balaban J connectivity index is 2.31. The third-order valence-corrected chi connectivity index (χ3v) is 4.81. The van der Waals surface area contributed by atoms with Gasteiger partial charge in [0.2, 0.25) is 15.9 Å². The highest BCUT2D eigenvalue weighted by molar-refractivity contribution is 7.92. The predicted octanol–water partition coefficient (Wildman–Crippen LogP) is 3.07. The van der Waals surface area contributed by atoms with Crippen LogP contribution in [0, 0.1) is 18.6 Å². The van der Waals surface area contributed by atoms with Gasteiger partial charge in [0.25, 0.3) is 0 Å². The number of nitrogens with zero attached hydrogens (tertiary/aromatic N) is 1. The number of rotatable bonds is 5. The maximum absolute atomic E-state index is 13.7. The number of anilines is 2. The van der Waals surface area contributed by atoms with E-state index in [9.17, 15) is 22.0 Å². The summed E-state index contributed by atoms with van der Waals surface area (Å²) in [6.45, 7) is 3.24. The Bertz CT molecular complexity index is 883. The summed E-state index contributed by atoms with van der Waals surface area (Å²) in [7, 11) is -3.77. The van der Waals surface area contributed by atoms with E-state index in [-0.39, 0.29) is 5.69 Å². The van der Waals surface area contributed by atoms with Crippen LogP contribution >= 0.6 is 0 Å². The van der Waals surface area contributed by atoms with Gasteiger partial charge in [0.05, 0.1) is 17.6 Å². The van der Waals surface area contributed by atoms with Crippen molar-refractivity contribution in [3.05, 3.63) is 59.7 Å². The SMILES string of the molecule is Cc1ccc(N([C@@H](C)C(=O)Nc2ccc(F)cc2F)S(C)(=O)=O)cc1. The Hall–Kier alpha value is -2.48. The molecule has 0 aliphatic heterocycles. The molecule has 2 rings (SSSR count). The van der Waals surface area contributed by atoms with Crippen LogP contribution in [0.1, 0.15) is 12.5 Å². The number of halogens is 2. The molecule has 0 unspecified atom stereocenters. The van der Waals surface area contributed by atoms with Crippen molar-refractivity contribution in [1.29, 1.82) is 0 Å². The Morgan fingerprint density at radius 2 is 1.72 bits per heavy atom. The normalized spacial score (nSPS) is 12.5. The highest BCUT2D eigenvalue weighted by Crippen LogP contribution is 2.23. The lowest BCUT2D eigenvalue weighted by Gasteiger charge is -2.28. The first-order valence-electron chi connectivity index (χ1n) is 7.41. The molecule has 0 saturated carbocycles. The van der Waals surface area contributed by atoms with Gasteiger partial charge >= 0.3 is 0 Å². The molecule has 8 heteroatoms. The molecule has 2 aromatic rings. The summed E-state index contributed by atoms with van der Waals surface area (Å²) in [5.74, 6) is -2.46. The molecule has 25 heavy (non-hydrogen) atoms. The van der Waals surface area contributed by atoms with Crippen molar-refractivity contribution in [2.75, 3.05) is 15.9 Å². The van der Waals surface area contributed by atoms with Crippen LogP contribution in [-0.4, -0.2) is 26.6 Å². The molecule has 0 aromatic heterocycles. The second-order valence-corrected chi connectivity index (χ2v) is 7.54. The Morgan fingerprint density at radius 1 is 1.12 bits per heavy atom. The summed E-state index contributed by atoms with van der Waals surface area (Å²) in [6, 6.07) is 8.17. The first-order valence-corrected chi connectivity index (χ1v) is 9.26. The average molecular weight is 368 g/mol. The van der Waals surface area contributed by atoms with E-state index in [4.69, 9.17) is 0 Å². The third kappa shape index (κ3) is 4.54. The van der Waals surface area contributed by atoms with E-state index >= 15 is 0 Å². The lowest BCUT2D eigenvalue weighted by Crippen LogP contribution is -2.45. The lowest BCUT2D eigenvalue weighted by atomic mass is 10.2. The van der Waals surface area contributed by atoms with Crippen LogP contribution in [0.25, 0.3) is 0 Å². The zero-order valence-electron chi connectivity index (χ0n) is 14.0. The molecule has 134 valence electrons. The van der Waals surface area contributed by atoms with Gasteiger partial charge in [-0.2, -0.15) is 0 Å². The maximum Gasteiger partial charge on any atom is 0.248 e. The van der Waals surface area contributed by atoms with Gasteiger partial charge in [-0.1, -0.05) is 17.7 Å². The minimum absolute atomic E-state index is 0.226. The van der Waals surface area contributed by atoms with Crippen LogP contribution < -0.4 is 9.62 Å². The molecule has 0 bridgehead atoms. The molecular formula is C17H18F2N2O3S. The summed E-state index contributed by atoms with van der Waals surface area (Å²) in [4.78, 5) is 12.4. The Morgan fingerprint density at radius 3 is 2.24 bits per heavy atom. The van der Waals surface area contributed by atoms with Crippen molar-refractivity contribution in [3.8, 4) is 0 Å². The Labute approximate surface area is 145 Å². The zero-order valence-corrected chi connectivity index (χ0v) is 14.8. The zero-order chi connectivity index (χ0) is 18.8. The van der Waals surface area contributed by atoms with Gasteiger partial charge in [0.1, 0.15) is 17.7 Å². The number of carbonyl (C=O) groups is 1. The fourth-order valence-corrected chi connectivity index (χ4v) is 3.50. The number of hydrogen-bond donors (Lipinski definition) is 1. The molecule has 0 spiro atoms. The van der Waals surface area contributed by atoms with Crippen molar-refractivity contribution in [3.63, 3.8) is 0 Å². The third-order valence-electron chi connectivity index (χ3n) is 3.57. The topological polar surface area (TPSA) is 66.5 Å². The number of sulfonamides is 1. The van der Waals surface area contributed by atoms with Crippen molar-refractivity contribution in [2.24, 2.45) is 0 Å². The van der Waals surface area contributed by atoms with Gasteiger partial charge in [-0.25, -0.2) is 17.2 Å². The quantitative estimate of drug-likeness (QED) is 0.882. The fraction of sp³-hybridized carbons (Fsp3) is 0.235. The largest absolute Gasteiger partial charge is 0.322 e. The molecule has 2 aromatic carbocycles. The highest BCUT2D eigenvalue weighted by atomic mass is 32.2. The van der Waals surface area contributed by atoms with Gasteiger partial charge in [0, 0.05) is 6.07 Å². The molecule has 1 N–H and O–H groups in total. The second kappa shape index (κ2) is 7.18. The van der Waals surface area contributed by atoms with Crippen molar-refractivity contribution in [1.82, 2.24) is 0 Å². The molecule has 0 saturated heterocycles. The molecule has 1 atom stereocenters. The lowest BCUT2D eigenvalue weighted by molar-refractivity contribution is -0.116. The monoisotopic (exact) mass is 368 g/mol. The molecule has 0 aliphatic rings. The summed E-state index contributed by atoms with van der Waals surface area (Å²) in [5, 5.41) is 2.28. The summed E-state index contributed by atoms with van der Waals surface area (Å²) in [5.41, 5.74) is 1.02. The Kier molecular flexibility index (Phi) is 5.42. The number of carbonyl (C=O) groups excluding carboxylic acids is 1. The van der Waals surface area contributed by atoms with Crippen LogP contribution in [0.5, 0.6) is 0 Å². The predicted molar refractivity (Wildman–Crippen MR) is 93.0 cm³/mol. The van der Waals surface area contributed by atoms with Gasteiger partial charge in [0.15, 0.2) is 0 Å². The summed E-state index contributed by atoms with van der Waals surface area (Å²) in [6.07, 6.45) is 0.981. The molecular weight excluding hydrogens is 350 g/mol. The average Bonchev–Trinajstić information content (AvgIpc) is 2.50. The summed E-state index contributed by atoms with van der Waals surface area (Å²) < 4.78 is 51.9. The standard InChI is InChI=1S/C17H18F2N2O3S/c1-11-4-7-14(8-5-11)21(25(3,23)24)12(2)17(22)20-16-9-6-13(18)10-15(16)19/h4-10,12H,1-3H3,(H,20,22)/t12-/m0/s1. The van der Waals surface area contributed by atoms with E-state index in [2.05, 4.69) is 5.32 Å². The summed E-state index contributed by atoms with van der Waals surface area (Å²) >= 11 is 0. The fourth-order valence-electron chi connectivity index (χ4n) is 2.33. The van der Waals surface area contributed by atoms with E-state index in [1.54, 1.807) is 24.3 Å². The number of benzene rings is 2. The number of hydrogen-bond acceptors (Lipinski definition) is 3. The highest BCUT2D eigenvalue weighted by Gasteiger charge is 2.29. The number of amides is 1.